The van der Waals surface area contributed by atoms with E-state index in [4.69, 9.17) is 21.1 Å². The molecule has 0 bridgehead atoms. The number of phenols is 1. The van der Waals surface area contributed by atoms with Gasteiger partial charge in [0.2, 0.25) is 0 Å². The van der Waals surface area contributed by atoms with E-state index < -0.39 is 5.91 Å². The van der Waals surface area contributed by atoms with Gasteiger partial charge in [-0.05, 0) is 30.3 Å². The maximum absolute atomic E-state index is 11.7. The van der Waals surface area contributed by atoms with Crippen LogP contribution in [-0.4, -0.2) is 30.9 Å². The van der Waals surface area contributed by atoms with Gasteiger partial charge in [0.25, 0.3) is 5.91 Å². The molecule has 126 valence electrons. The van der Waals surface area contributed by atoms with Crippen molar-refractivity contribution in [2.24, 2.45) is 5.10 Å². The first-order valence-corrected chi connectivity index (χ1v) is 7.94. The second-order valence-electron chi connectivity index (χ2n) is 4.55. The van der Waals surface area contributed by atoms with Gasteiger partial charge < -0.3 is 14.6 Å². The number of nitrogens with zero attached hydrogens (tertiary/aromatic N) is 1. The van der Waals surface area contributed by atoms with Crippen molar-refractivity contribution in [2.75, 3.05) is 13.7 Å². The summed E-state index contributed by atoms with van der Waals surface area (Å²) in [6.45, 7) is -0.247. The topological polar surface area (TPSA) is 80.2 Å². The largest absolute Gasteiger partial charge is 0.504 e. The lowest BCUT2D eigenvalue weighted by Gasteiger charge is -2.07. The Labute approximate surface area is 152 Å². The lowest BCUT2D eigenvalue weighted by Crippen LogP contribution is -2.24. The molecule has 2 aromatic carbocycles. The molecule has 0 radical (unpaired) electrons. The molecule has 0 heterocycles. The smallest absolute Gasteiger partial charge is 0.277 e. The molecule has 0 aliphatic heterocycles. The zero-order chi connectivity index (χ0) is 17.5. The predicted molar refractivity (Wildman–Crippen MR) is 95.0 cm³/mol. The summed E-state index contributed by atoms with van der Waals surface area (Å²) in [5.41, 5.74) is 2.71. The first kappa shape index (κ1) is 18.1. The predicted octanol–water partition coefficient (Wildman–Crippen LogP) is 3.35. The highest BCUT2D eigenvalue weighted by Crippen LogP contribution is 2.28. The lowest BCUT2D eigenvalue weighted by molar-refractivity contribution is -0.123. The van der Waals surface area contributed by atoms with Gasteiger partial charge >= 0.3 is 0 Å². The van der Waals surface area contributed by atoms with Crippen LogP contribution >= 0.6 is 27.5 Å². The number of phenolic OH excluding ortho intramolecular Hbond substituents is 1. The summed E-state index contributed by atoms with van der Waals surface area (Å²) in [6.07, 6.45) is 1.31. The van der Waals surface area contributed by atoms with Gasteiger partial charge in [-0.2, -0.15) is 5.10 Å². The number of carbonyl (C=O) groups excluding carboxylic acids is 1. The Morgan fingerprint density at radius 1 is 1.38 bits per heavy atom. The second-order valence-corrected chi connectivity index (χ2v) is 5.88. The van der Waals surface area contributed by atoms with Crippen molar-refractivity contribution in [3.8, 4) is 17.2 Å². The van der Waals surface area contributed by atoms with E-state index in [1.807, 2.05) is 0 Å². The number of nitrogens with one attached hydrogen (secondary N) is 1. The van der Waals surface area contributed by atoms with Crippen LogP contribution < -0.4 is 14.9 Å². The average Bonchev–Trinajstić information content (AvgIpc) is 2.55. The van der Waals surface area contributed by atoms with Crippen molar-refractivity contribution in [1.29, 1.82) is 0 Å². The van der Waals surface area contributed by atoms with Gasteiger partial charge in [0.15, 0.2) is 18.1 Å². The number of ether oxygens (including phenoxy) is 2. The molecule has 0 fully saturated rings. The minimum absolute atomic E-state index is 0.0594. The van der Waals surface area contributed by atoms with Crippen LogP contribution in [0.1, 0.15) is 5.56 Å². The molecular formula is C16H14BrClN2O4. The summed E-state index contributed by atoms with van der Waals surface area (Å²) in [4.78, 5) is 11.7. The summed E-state index contributed by atoms with van der Waals surface area (Å²) in [7, 11) is 1.45. The van der Waals surface area contributed by atoms with Gasteiger partial charge in [-0.1, -0.05) is 33.6 Å². The van der Waals surface area contributed by atoms with Gasteiger partial charge in [-0.15, -0.1) is 0 Å². The maximum Gasteiger partial charge on any atom is 0.277 e. The molecular weight excluding hydrogens is 400 g/mol. The number of rotatable bonds is 6. The fourth-order valence-electron chi connectivity index (χ4n) is 1.75. The molecule has 0 saturated carbocycles. The van der Waals surface area contributed by atoms with Gasteiger partial charge in [0.1, 0.15) is 5.75 Å². The minimum atomic E-state index is -0.465. The Bertz CT molecular complexity index is 768. The number of aromatic hydroxyl groups is 1. The first-order chi connectivity index (χ1) is 11.5. The molecule has 2 N–H and O–H groups in total. The normalized spacial score (nSPS) is 10.6. The number of benzene rings is 2. The number of carbonyl (C=O) groups is 1. The van der Waals surface area contributed by atoms with E-state index in [2.05, 4.69) is 26.5 Å². The van der Waals surface area contributed by atoms with Crippen molar-refractivity contribution in [1.82, 2.24) is 5.43 Å². The molecule has 0 unspecified atom stereocenters. The highest BCUT2D eigenvalue weighted by molar-refractivity contribution is 9.10. The molecule has 8 heteroatoms. The molecule has 0 aliphatic rings. The van der Waals surface area contributed by atoms with E-state index in [0.717, 1.165) is 4.47 Å². The summed E-state index contributed by atoms with van der Waals surface area (Å²) >= 11 is 9.27. The second kappa shape index (κ2) is 8.56. The summed E-state index contributed by atoms with van der Waals surface area (Å²) in [5.74, 6) is 0.187. The highest BCUT2D eigenvalue weighted by atomic mass is 79.9. The van der Waals surface area contributed by atoms with Crippen LogP contribution in [0.4, 0.5) is 0 Å². The summed E-state index contributed by atoms with van der Waals surface area (Å²) in [5, 5.41) is 14.0. The van der Waals surface area contributed by atoms with E-state index in [0.29, 0.717) is 22.1 Å². The molecule has 24 heavy (non-hydrogen) atoms. The Hall–Kier alpha value is -2.25. The third-order valence-electron chi connectivity index (χ3n) is 2.90. The molecule has 1 amide bonds. The van der Waals surface area contributed by atoms with Gasteiger partial charge in [0, 0.05) is 10.0 Å². The van der Waals surface area contributed by atoms with Crippen LogP contribution in [0.5, 0.6) is 17.2 Å². The Morgan fingerprint density at radius 3 is 2.88 bits per heavy atom. The lowest BCUT2D eigenvalue weighted by atomic mass is 10.2. The number of halogens is 2. The fraction of sp³-hybridized carbons (Fsp3) is 0.125. The molecule has 2 rings (SSSR count). The molecule has 6 nitrogen and oxygen atoms in total. The number of hydrazone groups is 1. The monoisotopic (exact) mass is 412 g/mol. The van der Waals surface area contributed by atoms with Crippen LogP contribution in [0.3, 0.4) is 0 Å². The molecule has 0 atom stereocenters. The number of amides is 1. The number of hydrogen-bond donors (Lipinski definition) is 2. The molecule has 0 aromatic heterocycles. The zero-order valence-electron chi connectivity index (χ0n) is 12.6. The van der Waals surface area contributed by atoms with Crippen molar-refractivity contribution in [3.05, 3.63) is 51.5 Å². The number of methoxy groups -OCH3 is 1. The van der Waals surface area contributed by atoms with Crippen LogP contribution in [0.2, 0.25) is 5.02 Å². The summed E-state index contributed by atoms with van der Waals surface area (Å²) < 4.78 is 11.1. The molecule has 0 spiro atoms. The Balaban J connectivity index is 1.89. The summed E-state index contributed by atoms with van der Waals surface area (Å²) in [6, 6.07) is 10.0. The quantitative estimate of drug-likeness (QED) is 0.562. The Morgan fingerprint density at radius 2 is 2.17 bits per heavy atom. The van der Waals surface area contributed by atoms with E-state index in [-0.39, 0.29) is 12.4 Å². The van der Waals surface area contributed by atoms with Crippen molar-refractivity contribution in [3.63, 3.8) is 0 Å². The third-order valence-corrected chi connectivity index (χ3v) is 3.68. The molecule has 2 aromatic rings. The van der Waals surface area contributed by atoms with E-state index in [1.165, 1.54) is 13.3 Å². The van der Waals surface area contributed by atoms with Gasteiger partial charge in [-0.3, -0.25) is 4.79 Å². The maximum atomic E-state index is 11.7. The van der Waals surface area contributed by atoms with E-state index in [1.54, 1.807) is 36.4 Å². The number of para-hydroxylation sites is 1. The SMILES string of the molecule is COc1cccc(/C=N/NC(=O)COc2ccc(Br)cc2Cl)c1O. The third kappa shape index (κ3) is 4.87. The minimum Gasteiger partial charge on any atom is -0.504 e. The van der Waals surface area contributed by atoms with Gasteiger partial charge in [0.05, 0.1) is 18.3 Å². The average molecular weight is 414 g/mol. The standard InChI is InChI=1S/C16H14BrClN2O4/c1-23-14-4-2-3-10(16(14)22)8-19-20-15(21)9-24-13-6-5-11(17)7-12(13)18/h2-8,22H,9H2,1H3,(H,20,21)/b19-8+. The fourth-order valence-corrected chi connectivity index (χ4v) is 2.48. The molecule has 0 aliphatic carbocycles. The van der Waals surface area contributed by atoms with Crippen LogP contribution in [0, 0.1) is 0 Å². The van der Waals surface area contributed by atoms with Gasteiger partial charge in [-0.25, -0.2) is 5.43 Å². The van der Waals surface area contributed by atoms with Crippen LogP contribution in [-0.2, 0) is 4.79 Å². The van der Waals surface area contributed by atoms with Crippen molar-refractivity contribution < 1.29 is 19.4 Å². The van der Waals surface area contributed by atoms with E-state index in [9.17, 15) is 9.90 Å². The van der Waals surface area contributed by atoms with Crippen molar-refractivity contribution >= 4 is 39.7 Å². The van der Waals surface area contributed by atoms with Crippen LogP contribution in [0.15, 0.2) is 46.0 Å². The van der Waals surface area contributed by atoms with Crippen LogP contribution in [0.25, 0.3) is 0 Å². The Kier molecular flexibility index (Phi) is 6.45. The molecule has 0 saturated heterocycles. The highest BCUT2D eigenvalue weighted by Gasteiger charge is 2.07. The number of hydrogen-bond acceptors (Lipinski definition) is 5. The zero-order valence-corrected chi connectivity index (χ0v) is 15.0. The van der Waals surface area contributed by atoms with Crippen molar-refractivity contribution in [2.45, 2.75) is 0 Å². The first-order valence-electron chi connectivity index (χ1n) is 6.77. The van der Waals surface area contributed by atoms with E-state index >= 15 is 0 Å².